The van der Waals surface area contributed by atoms with Crippen LogP contribution in [-0.2, 0) is 17.7 Å². The van der Waals surface area contributed by atoms with E-state index < -0.39 is 0 Å². The van der Waals surface area contributed by atoms with Crippen LogP contribution in [0.25, 0.3) is 0 Å². The number of hydrogen-bond donors (Lipinski definition) is 1. The highest BCUT2D eigenvalue weighted by atomic mass is 16.6. The largest absolute Gasteiger partial charge is 0.441 e. The zero-order chi connectivity index (χ0) is 21.0. The van der Waals surface area contributed by atoms with Crippen LogP contribution in [0.1, 0.15) is 55.3 Å². The van der Waals surface area contributed by atoms with Crippen LogP contribution < -0.4 is 0 Å². The van der Waals surface area contributed by atoms with E-state index in [9.17, 15) is 4.79 Å². The molecule has 7 heteroatoms. The molecule has 1 aromatic heterocycles. The van der Waals surface area contributed by atoms with Gasteiger partial charge in [-0.1, -0.05) is 25.5 Å². The predicted molar refractivity (Wildman–Crippen MR) is 113 cm³/mol. The molecule has 2 aromatic rings. The third-order valence-electron chi connectivity index (χ3n) is 6.12. The molecule has 1 aromatic carbocycles. The quantitative estimate of drug-likeness (QED) is 0.760. The molecule has 0 saturated carbocycles. The molecule has 2 aliphatic rings. The van der Waals surface area contributed by atoms with Gasteiger partial charge in [0, 0.05) is 57.3 Å². The molecule has 0 unspecified atom stereocenters. The maximum absolute atomic E-state index is 12.2. The molecule has 2 saturated heterocycles. The Hall–Kier alpha value is -2.85. The van der Waals surface area contributed by atoms with Gasteiger partial charge in [-0.15, -0.1) is 0 Å². The lowest BCUT2D eigenvalue weighted by Crippen LogP contribution is -2.46. The number of benzene rings is 1. The minimum Gasteiger partial charge on any atom is -0.441 e. The first kappa shape index (κ1) is 20.4. The molecule has 1 amide bonds. The SMILES string of the molecule is CCCCN1CC2(CCN(Cc3cnc(Cc4ccc(C#N)cc4)[nH]3)CC2)OC1=O. The predicted octanol–water partition coefficient (Wildman–Crippen LogP) is 3.46. The molecule has 2 aliphatic heterocycles. The van der Waals surface area contributed by atoms with E-state index in [1.165, 1.54) is 0 Å². The Balaban J connectivity index is 1.27. The van der Waals surface area contributed by atoms with Crippen LogP contribution in [0.3, 0.4) is 0 Å². The number of nitriles is 1. The van der Waals surface area contributed by atoms with Crippen molar-refractivity contribution < 1.29 is 9.53 Å². The Morgan fingerprint density at radius 2 is 2.03 bits per heavy atom. The van der Waals surface area contributed by atoms with Gasteiger partial charge in [0.2, 0.25) is 0 Å². The normalized spacial score (nSPS) is 18.5. The number of aromatic nitrogens is 2. The van der Waals surface area contributed by atoms with E-state index in [-0.39, 0.29) is 11.7 Å². The van der Waals surface area contributed by atoms with Gasteiger partial charge in [-0.25, -0.2) is 9.78 Å². The number of nitrogens with one attached hydrogen (secondary N) is 1. The molecule has 1 N–H and O–H groups in total. The molecule has 7 nitrogen and oxygen atoms in total. The lowest BCUT2D eigenvalue weighted by molar-refractivity contribution is -0.00149. The van der Waals surface area contributed by atoms with Crippen LogP contribution in [0.15, 0.2) is 30.5 Å². The molecule has 0 aliphatic carbocycles. The van der Waals surface area contributed by atoms with Gasteiger partial charge in [0.25, 0.3) is 0 Å². The van der Waals surface area contributed by atoms with Gasteiger partial charge in [0.1, 0.15) is 11.4 Å². The van der Waals surface area contributed by atoms with Crippen molar-refractivity contribution in [3.63, 3.8) is 0 Å². The van der Waals surface area contributed by atoms with Crippen molar-refractivity contribution in [1.82, 2.24) is 19.8 Å². The zero-order valence-electron chi connectivity index (χ0n) is 17.6. The minimum atomic E-state index is -0.296. The number of piperidine rings is 1. The maximum Gasteiger partial charge on any atom is 0.410 e. The van der Waals surface area contributed by atoms with Crippen molar-refractivity contribution >= 4 is 6.09 Å². The van der Waals surface area contributed by atoms with Crippen LogP contribution in [0, 0.1) is 11.3 Å². The molecule has 4 rings (SSSR count). The number of carbonyl (C=O) groups excluding carboxylic acids is 1. The molecular formula is C23H29N5O2. The monoisotopic (exact) mass is 407 g/mol. The summed E-state index contributed by atoms with van der Waals surface area (Å²) >= 11 is 0. The standard InChI is InChI=1S/C23H29N5O2/c1-2-3-10-28-17-23(30-22(28)29)8-11-27(12-9-23)16-20-15-25-21(26-20)13-18-4-6-19(14-24)7-5-18/h4-7,15H,2-3,8-13,16-17H2,1H3,(H,25,26). The van der Waals surface area contributed by atoms with Crippen molar-refractivity contribution in [2.45, 2.75) is 51.2 Å². The highest BCUT2D eigenvalue weighted by Crippen LogP contribution is 2.33. The number of aromatic amines is 1. The molecule has 1 spiro atoms. The minimum absolute atomic E-state index is 0.141. The van der Waals surface area contributed by atoms with Crippen molar-refractivity contribution in [3.8, 4) is 6.07 Å². The average molecular weight is 408 g/mol. The summed E-state index contributed by atoms with van der Waals surface area (Å²) in [5, 5.41) is 8.90. The van der Waals surface area contributed by atoms with E-state index in [0.717, 1.165) is 81.9 Å². The topological polar surface area (TPSA) is 85.2 Å². The van der Waals surface area contributed by atoms with Gasteiger partial charge in [-0.05, 0) is 24.1 Å². The van der Waals surface area contributed by atoms with Gasteiger partial charge in [-0.3, -0.25) is 4.90 Å². The van der Waals surface area contributed by atoms with Gasteiger partial charge in [-0.2, -0.15) is 5.26 Å². The second kappa shape index (κ2) is 8.88. The van der Waals surface area contributed by atoms with Crippen LogP contribution >= 0.6 is 0 Å². The van der Waals surface area contributed by atoms with E-state index in [0.29, 0.717) is 5.56 Å². The summed E-state index contributed by atoms with van der Waals surface area (Å²) in [5.74, 6) is 0.930. The number of imidazole rings is 1. The fraction of sp³-hybridized carbons (Fsp3) is 0.522. The Morgan fingerprint density at radius 1 is 1.27 bits per heavy atom. The molecule has 0 atom stereocenters. The molecule has 158 valence electrons. The van der Waals surface area contributed by atoms with Crippen molar-refractivity contribution in [3.05, 3.63) is 53.1 Å². The molecule has 0 bridgehead atoms. The first-order chi connectivity index (χ1) is 14.6. The fourth-order valence-corrected chi connectivity index (χ4v) is 4.30. The number of hydrogen-bond acceptors (Lipinski definition) is 5. The van der Waals surface area contributed by atoms with E-state index in [2.05, 4.69) is 27.9 Å². The summed E-state index contributed by atoms with van der Waals surface area (Å²) in [6.07, 6.45) is 6.37. The summed E-state index contributed by atoms with van der Waals surface area (Å²) in [6.45, 7) is 6.33. The number of rotatable bonds is 7. The van der Waals surface area contributed by atoms with Crippen molar-refractivity contribution in [2.75, 3.05) is 26.2 Å². The van der Waals surface area contributed by atoms with E-state index >= 15 is 0 Å². The Kier molecular flexibility index (Phi) is 6.05. The number of amides is 1. The summed E-state index contributed by atoms with van der Waals surface area (Å²) < 4.78 is 5.81. The molecule has 0 radical (unpaired) electrons. The summed E-state index contributed by atoms with van der Waals surface area (Å²) in [4.78, 5) is 24.4. The first-order valence-corrected chi connectivity index (χ1v) is 10.8. The number of ether oxygens (including phenoxy) is 1. The number of likely N-dealkylation sites (tertiary alicyclic amines) is 1. The third kappa shape index (κ3) is 4.65. The lowest BCUT2D eigenvalue weighted by atomic mass is 9.91. The zero-order valence-corrected chi connectivity index (χ0v) is 17.6. The molecule has 3 heterocycles. The summed E-state index contributed by atoms with van der Waals surface area (Å²) in [7, 11) is 0. The van der Waals surface area contributed by atoms with Gasteiger partial charge < -0.3 is 14.6 Å². The second-order valence-corrected chi connectivity index (χ2v) is 8.44. The van der Waals surface area contributed by atoms with E-state index in [1.54, 1.807) is 0 Å². The van der Waals surface area contributed by atoms with Crippen LogP contribution in [-0.4, -0.2) is 57.6 Å². The first-order valence-electron chi connectivity index (χ1n) is 10.8. The third-order valence-corrected chi connectivity index (χ3v) is 6.12. The van der Waals surface area contributed by atoms with Gasteiger partial charge >= 0.3 is 6.09 Å². The highest BCUT2D eigenvalue weighted by Gasteiger charge is 2.46. The lowest BCUT2D eigenvalue weighted by Gasteiger charge is -2.37. The summed E-state index contributed by atoms with van der Waals surface area (Å²) in [6, 6.07) is 9.75. The molecule has 2 fully saturated rings. The Morgan fingerprint density at radius 3 is 2.73 bits per heavy atom. The number of carbonyl (C=O) groups is 1. The fourth-order valence-electron chi connectivity index (χ4n) is 4.30. The van der Waals surface area contributed by atoms with Crippen molar-refractivity contribution in [2.24, 2.45) is 0 Å². The maximum atomic E-state index is 12.2. The van der Waals surface area contributed by atoms with Crippen LogP contribution in [0.5, 0.6) is 0 Å². The number of nitrogens with zero attached hydrogens (tertiary/aromatic N) is 4. The van der Waals surface area contributed by atoms with Crippen LogP contribution in [0.2, 0.25) is 0 Å². The highest BCUT2D eigenvalue weighted by molar-refractivity contribution is 5.70. The summed E-state index contributed by atoms with van der Waals surface area (Å²) in [5.41, 5.74) is 2.60. The second-order valence-electron chi connectivity index (χ2n) is 8.44. The van der Waals surface area contributed by atoms with Gasteiger partial charge in [0.05, 0.1) is 18.2 Å². The number of unbranched alkanes of at least 4 members (excludes halogenated alkanes) is 1. The van der Waals surface area contributed by atoms with Gasteiger partial charge in [0.15, 0.2) is 0 Å². The van der Waals surface area contributed by atoms with Crippen molar-refractivity contribution in [1.29, 1.82) is 5.26 Å². The molecule has 30 heavy (non-hydrogen) atoms. The smallest absolute Gasteiger partial charge is 0.410 e. The average Bonchev–Trinajstić information content (AvgIpc) is 3.32. The Bertz CT molecular complexity index is 906. The Labute approximate surface area is 177 Å². The molecular weight excluding hydrogens is 378 g/mol. The van der Waals surface area contributed by atoms with E-state index in [1.807, 2.05) is 35.4 Å². The van der Waals surface area contributed by atoms with Crippen LogP contribution in [0.4, 0.5) is 4.79 Å². The van der Waals surface area contributed by atoms with E-state index in [4.69, 9.17) is 10.00 Å². The number of H-pyrrole nitrogens is 1.